The van der Waals surface area contributed by atoms with E-state index in [1.165, 1.54) is 6.07 Å². The van der Waals surface area contributed by atoms with Crippen molar-refractivity contribution in [2.75, 3.05) is 11.9 Å². The van der Waals surface area contributed by atoms with Crippen LogP contribution in [0.25, 0.3) is 0 Å². The predicted octanol–water partition coefficient (Wildman–Crippen LogP) is 3.71. The number of para-hydroxylation sites is 1. The van der Waals surface area contributed by atoms with Crippen LogP contribution in [0, 0.1) is 6.92 Å². The number of anilines is 1. The number of amides is 4. The van der Waals surface area contributed by atoms with Crippen LogP contribution in [0.4, 0.5) is 10.5 Å². The van der Waals surface area contributed by atoms with Gasteiger partial charge in [0.2, 0.25) is 5.91 Å². The van der Waals surface area contributed by atoms with E-state index in [4.69, 9.17) is 23.2 Å². The molecule has 2 N–H and O–H groups in total. The molecule has 1 fully saturated rings. The van der Waals surface area contributed by atoms with Crippen molar-refractivity contribution in [2.45, 2.75) is 19.4 Å². The van der Waals surface area contributed by atoms with E-state index in [1.54, 1.807) is 31.2 Å². The fraction of sp³-hybridized carbons (Fsp3) is 0.211. The molecule has 1 aliphatic rings. The molecule has 1 aliphatic heterocycles. The van der Waals surface area contributed by atoms with Crippen LogP contribution in [0.1, 0.15) is 18.1 Å². The molecule has 2 aromatic carbocycles. The number of hydrogen-bond acceptors (Lipinski definition) is 3. The van der Waals surface area contributed by atoms with E-state index in [0.29, 0.717) is 16.3 Å². The molecule has 0 spiro atoms. The first-order valence-corrected chi connectivity index (χ1v) is 8.93. The van der Waals surface area contributed by atoms with Crippen LogP contribution in [-0.4, -0.2) is 29.3 Å². The molecule has 6 nitrogen and oxygen atoms in total. The average molecular weight is 406 g/mol. The van der Waals surface area contributed by atoms with E-state index in [0.717, 1.165) is 10.5 Å². The number of nitrogens with one attached hydrogen (secondary N) is 2. The summed E-state index contributed by atoms with van der Waals surface area (Å²) in [6.45, 7) is 2.99. The number of imide groups is 1. The van der Waals surface area contributed by atoms with Crippen LogP contribution in [0.5, 0.6) is 0 Å². The first-order valence-electron chi connectivity index (χ1n) is 8.17. The number of carbonyl (C=O) groups is 3. The Labute approximate surface area is 166 Å². The van der Waals surface area contributed by atoms with Gasteiger partial charge in [-0.1, -0.05) is 47.5 Å². The van der Waals surface area contributed by atoms with Gasteiger partial charge in [-0.25, -0.2) is 4.79 Å². The summed E-state index contributed by atoms with van der Waals surface area (Å²) in [5.74, 6) is -1.03. The van der Waals surface area contributed by atoms with E-state index >= 15 is 0 Å². The fourth-order valence-electron chi connectivity index (χ4n) is 2.96. The lowest BCUT2D eigenvalue weighted by molar-refractivity contribution is -0.133. The SMILES string of the molecule is Cc1ccccc1NC(=O)CN1C(=O)N[C@](C)(c2ccc(Cl)cc2Cl)C1=O. The van der Waals surface area contributed by atoms with Crippen molar-refractivity contribution < 1.29 is 14.4 Å². The van der Waals surface area contributed by atoms with Gasteiger partial charge in [-0.2, -0.15) is 0 Å². The third-order valence-corrected chi connectivity index (χ3v) is 5.01. The molecule has 27 heavy (non-hydrogen) atoms. The van der Waals surface area contributed by atoms with Gasteiger partial charge in [0.05, 0.1) is 0 Å². The minimum Gasteiger partial charge on any atom is -0.324 e. The first kappa shape index (κ1) is 19.2. The van der Waals surface area contributed by atoms with Crippen molar-refractivity contribution in [3.63, 3.8) is 0 Å². The largest absolute Gasteiger partial charge is 0.325 e. The number of aryl methyl sites for hydroxylation is 1. The Morgan fingerprint density at radius 1 is 1.19 bits per heavy atom. The van der Waals surface area contributed by atoms with Crippen LogP contribution < -0.4 is 10.6 Å². The highest BCUT2D eigenvalue weighted by Crippen LogP contribution is 2.34. The smallest absolute Gasteiger partial charge is 0.324 e. The summed E-state index contributed by atoms with van der Waals surface area (Å²) in [7, 11) is 0. The third-order valence-electron chi connectivity index (χ3n) is 4.47. The van der Waals surface area contributed by atoms with Gasteiger partial charge in [0.1, 0.15) is 12.1 Å². The Morgan fingerprint density at radius 2 is 1.89 bits per heavy atom. The lowest BCUT2D eigenvalue weighted by Gasteiger charge is -2.23. The van der Waals surface area contributed by atoms with Gasteiger partial charge in [-0.15, -0.1) is 0 Å². The molecule has 1 atom stereocenters. The normalized spacial score (nSPS) is 19.2. The van der Waals surface area contributed by atoms with Gasteiger partial charge in [0, 0.05) is 21.3 Å². The van der Waals surface area contributed by atoms with Crippen molar-refractivity contribution in [1.82, 2.24) is 10.2 Å². The van der Waals surface area contributed by atoms with Crippen LogP contribution in [0.15, 0.2) is 42.5 Å². The predicted molar refractivity (Wildman–Crippen MR) is 104 cm³/mol. The molecular weight excluding hydrogens is 389 g/mol. The number of urea groups is 1. The fourth-order valence-corrected chi connectivity index (χ4v) is 3.56. The van der Waals surface area contributed by atoms with E-state index in [-0.39, 0.29) is 5.02 Å². The summed E-state index contributed by atoms with van der Waals surface area (Å²) in [6, 6.07) is 11.2. The molecule has 1 heterocycles. The molecule has 0 unspecified atom stereocenters. The lowest BCUT2D eigenvalue weighted by Crippen LogP contribution is -2.42. The van der Waals surface area contributed by atoms with Gasteiger partial charge in [0.25, 0.3) is 5.91 Å². The van der Waals surface area contributed by atoms with Crippen molar-refractivity contribution in [3.05, 3.63) is 63.6 Å². The zero-order chi connectivity index (χ0) is 19.8. The maximum Gasteiger partial charge on any atom is 0.325 e. The minimum absolute atomic E-state index is 0.255. The van der Waals surface area contributed by atoms with Crippen molar-refractivity contribution in [1.29, 1.82) is 0 Å². The average Bonchev–Trinajstić information content (AvgIpc) is 2.81. The summed E-state index contributed by atoms with van der Waals surface area (Å²) in [6.07, 6.45) is 0. The number of rotatable bonds is 4. The second-order valence-corrected chi connectivity index (χ2v) is 7.28. The highest BCUT2D eigenvalue weighted by atomic mass is 35.5. The van der Waals surface area contributed by atoms with Crippen LogP contribution in [0.3, 0.4) is 0 Å². The number of hydrogen-bond donors (Lipinski definition) is 2. The van der Waals surface area contributed by atoms with Crippen molar-refractivity contribution in [3.8, 4) is 0 Å². The molecule has 0 bridgehead atoms. The zero-order valence-electron chi connectivity index (χ0n) is 14.7. The summed E-state index contributed by atoms with van der Waals surface area (Å²) in [4.78, 5) is 38.5. The summed E-state index contributed by atoms with van der Waals surface area (Å²) in [5.41, 5.74) is 0.537. The molecule has 0 aliphatic carbocycles. The Kier molecular flexibility index (Phi) is 5.13. The summed E-state index contributed by atoms with van der Waals surface area (Å²) < 4.78 is 0. The Hall–Kier alpha value is -2.57. The number of halogens is 2. The monoisotopic (exact) mass is 405 g/mol. The number of nitrogens with zero attached hydrogens (tertiary/aromatic N) is 1. The number of carbonyl (C=O) groups excluding carboxylic acids is 3. The van der Waals surface area contributed by atoms with E-state index in [9.17, 15) is 14.4 Å². The maximum absolute atomic E-state index is 12.9. The van der Waals surface area contributed by atoms with Gasteiger partial charge in [0.15, 0.2) is 0 Å². The quantitative estimate of drug-likeness (QED) is 0.760. The maximum atomic E-state index is 12.9. The third kappa shape index (κ3) is 3.63. The van der Waals surface area contributed by atoms with Crippen LogP contribution in [0.2, 0.25) is 10.0 Å². The van der Waals surface area contributed by atoms with Gasteiger partial charge >= 0.3 is 6.03 Å². The molecule has 4 amide bonds. The van der Waals surface area contributed by atoms with Gasteiger partial charge in [-0.05, 0) is 37.6 Å². The van der Waals surface area contributed by atoms with Crippen molar-refractivity contribution >= 4 is 46.7 Å². The molecule has 0 aromatic heterocycles. The summed E-state index contributed by atoms with van der Waals surface area (Å²) >= 11 is 12.1. The molecule has 0 radical (unpaired) electrons. The number of benzene rings is 2. The Bertz CT molecular complexity index is 948. The van der Waals surface area contributed by atoms with Crippen LogP contribution in [-0.2, 0) is 15.1 Å². The zero-order valence-corrected chi connectivity index (χ0v) is 16.2. The Morgan fingerprint density at radius 3 is 2.56 bits per heavy atom. The van der Waals surface area contributed by atoms with E-state index < -0.39 is 29.9 Å². The van der Waals surface area contributed by atoms with E-state index in [2.05, 4.69) is 10.6 Å². The molecule has 0 saturated carbocycles. The second kappa shape index (κ2) is 7.21. The van der Waals surface area contributed by atoms with Gasteiger partial charge in [-0.3, -0.25) is 14.5 Å². The minimum atomic E-state index is -1.37. The molecular formula is C19H17Cl2N3O3. The molecule has 2 aromatic rings. The molecule has 3 rings (SSSR count). The highest BCUT2D eigenvalue weighted by Gasteiger charge is 2.50. The van der Waals surface area contributed by atoms with E-state index in [1.807, 2.05) is 19.1 Å². The summed E-state index contributed by atoms with van der Waals surface area (Å²) in [5, 5.41) is 5.99. The first-order chi connectivity index (χ1) is 12.7. The highest BCUT2D eigenvalue weighted by molar-refractivity contribution is 6.35. The second-order valence-electron chi connectivity index (χ2n) is 6.43. The van der Waals surface area contributed by atoms with Crippen LogP contribution >= 0.6 is 23.2 Å². The molecule has 8 heteroatoms. The van der Waals surface area contributed by atoms with Gasteiger partial charge < -0.3 is 10.6 Å². The van der Waals surface area contributed by atoms with Crippen molar-refractivity contribution in [2.24, 2.45) is 0 Å². The standard InChI is InChI=1S/C19H17Cl2N3O3/c1-11-5-3-4-6-15(11)22-16(25)10-24-17(26)19(2,23-18(24)27)13-8-7-12(20)9-14(13)21/h3-9H,10H2,1-2H3,(H,22,25)(H,23,27)/t19-/m1/s1. The lowest BCUT2D eigenvalue weighted by atomic mass is 9.92. The molecule has 140 valence electrons. The Balaban J connectivity index is 1.80. The topological polar surface area (TPSA) is 78.5 Å². The molecule has 1 saturated heterocycles.